The summed E-state index contributed by atoms with van der Waals surface area (Å²) in [4.78, 5) is 38.5. The SMILES string of the molecule is CCOC(=O)c1c(N2C(=O)C=CC2=O)sc2c1CC[C@@H](C)C2. The van der Waals surface area contributed by atoms with Crippen molar-refractivity contribution in [1.29, 1.82) is 0 Å². The molecule has 22 heavy (non-hydrogen) atoms. The highest BCUT2D eigenvalue weighted by Crippen LogP contribution is 2.42. The van der Waals surface area contributed by atoms with Gasteiger partial charge in [0, 0.05) is 17.0 Å². The molecule has 2 aliphatic rings. The number of esters is 1. The first-order valence-corrected chi connectivity index (χ1v) is 8.22. The van der Waals surface area contributed by atoms with Gasteiger partial charge in [0.25, 0.3) is 11.8 Å². The van der Waals surface area contributed by atoms with Gasteiger partial charge in [0.2, 0.25) is 0 Å². The minimum absolute atomic E-state index is 0.263. The molecule has 0 spiro atoms. The van der Waals surface area contributed by atoms with E-state index in [4.69, 9.17) is 4.74 Å². The average Bonchev–Trinajstić information content (AvgIpc) is 2.98. The predicted octanol–water partition coefficient (Wildman–Crippen LogP) is 2.48. The van der Waals surface area contributed by atoms with E-state index in [1.807, 2.05) is 0 Å². The van der Waals surface area contributed by atoms with Crippen LogP contribution in [0.4, 0.5) is 5.00 Å². The lowest BCUT2D eigenvalue weighted by Crippen LogP contribution is -2.30. The fourth-order valence-corrected chi connectivity index (χ4v) is 4.42. The molecule has 1 aliphatic heterocycles. The summed E-state index contributed by atoms with van der Waals surface area (Å²) < 4.78 is 5.15. The molecular formula is C16H17NO4S. The molecule has 0 bridgehead atoms. The van der Waals surface area contributed by atoms with Gasteiger partial charge in [-0.1, -0.05) is 6.92 Å². The smallest absolute Gasteiger partial charge is 0.341 e. The highest BCUT2D eigenvalue weighted by atomic mass is 32.1. The lowest BCUT2D eigenvalue weighted by Gasteiger charge is -2.18. The highest BCUT2D eigenvalue weighted by Gasteiger charge is 2.35. The average molecular weight is 319 g/mol. The van der Waals surface area contributed by atoms with Gasteiger partial charge in [0.15, 0.2) is 0 Å². The van der Waals surface area contributed by atoms with Crippen LogP contribution in [0, 0.1) is 5.92 Å². The Morgan fingerprint density at radius 2 is 2.05 bits per heavy atom. The topological polar surface area (TPSA) is 63.7 Å². The van der Waals surface area contributed by atoms with Crippen molar-refractivity contribution in [2.45, 2.75) is 33.1 Å². The molecular weight excluding hydrogens is 302 g/mol. The van der Waals surface area contributed by atoms with Crippen molar-refractivity contribution in [2.75, 3.05) is 11.5 Å². The molecule has 1 aromatic heterocycles. The van der Waals surface area contributed by atoms with Crippen molar-refractivity contribution < 1.29 is 19.1 Å². The second kappa shape index (κ2) is 5.68. The molecule has 1 aromatic rings. The Hall–Kier alpha value is -1.95. The Morgan fingerprint density at radius 1 is 1.36 bits per heavy atom. The maximum atomic E-state index is 12.4. The van der Waals surface area contributed by atoms with Gasteiger partial charge in [-0.3, -0.25) is 9.59 Å². The zero-order valence-corrected chi connectivity index (χ0v) is 13.4. The number of nitrogens with zero attached hydrogens (tertiary/aromatic N) is 1. The first-order chi connectivity index (χ1) is 10.5. The number of ether oxygens (including phenoxy) is 1. The van der Waals surface area contributed by atoms with Crippen LogP contribution in [-0.4, -0.2) is 24.4 Å². The van der Waals surface area contributed by atoms with E-state index in [9.17, 15) is 14.4 Å². The molecule has 0 fully saturated rings. The third kappa shape index (κ3) is 2.37. The van der Waals surface area contributed by atoms with Crippen molar-refractivity contribution >= 4 is 34.1 Å². The largest absolute Gasteiger partial charge is 0.462 e. The molecule has 116 valence electrons. The number of imide groups is 1. The molecule has 2 amide bonds. The van der Waals surface area contributed by atoms with Crippen LogP contribution < -0.4 is 4.90 Å². The Bertz CT molecular complexity index is 671. The van der Waals surface area contributed by atoms with Gasteiger partial charge in [0.1, 0.15) is 5.00 Å². The third-order valence-electron chi connectivity index (χ3n) is 3.99. The summed E-state index contributed by atoms with van der Waals surface area (Å²) in [6, 6.07) is 0. The van der Waals surface area contributed by atoms with Crippen molar-refractivity contribution in [2.24, 2.45) is 5.92 Å². The molecule has 0 N–H and O–H groups in total. The summed E-state index contributed by atoms with van der Waals surface area (Å²) in [5, 5.41) is 0.414. The summed E-state index contributed by atoms with van der Waals surface area (Å²) in [6.07, 6.45) is 5.12. The quantitative estimate of drug-likeness (QED) is 0.634. The fourth-order valence-electron chi connectivity index (χ4n) is 2.91. The van der Waals surface area contributed by atoms with Crippen LogP contribution in [0.5, 0.6) is 0 Å². The summed E-state index contributed by atoms with van der Waals surface area (Å²) >= 11 is 1.37. The van der Waals surface area contributed by atoms with E-state index >= 15 is 0 Å². The molecule has 0 aromatic carbocycles. The Labute approximate surface area is 132 Å². The normalized spacial score (nSPS) is 20.5. The van der Waals surface area contributed by atoms with E-state index in [0.717, 1.165) is 34.6 Å². The van der Waals surface area contributed by atoms with Gasteiger partial charge in [-0.25, -0.2) is 9.69 Å². The van der Waals surface area contributed by atoms with E-state index < -0.39 is 17.8 Å². The number of carbonyl (C=O) groups excluding carboxylic acids is 3. The lowest BCUT2D eigenvalue weighted by molar-refractivity contribution is -0.119. The number of thiophene rings is 1. The molecule has 0 saturated carbocycles. The van der Waals surface area contributed by atoms with Gasteiger partial charge < -0.3 is 4.74 Å². The Balaban J connectivity index is 2.11. The van der Waals surface area contributed by atoms with Crippen molar-refractivity contribution in [3.8, 4) is 0 Å². The standard InChI is InChI=1S/C16H17NO4S/c1-3-21-16(20)14-10-5-4-9(2)8-11(10)22-15(14)17-12(18)6-7-13(17)19/h6-7,9H,3-5,8H2,1-2H3/t9-/m1/s1. The molecule has 3 rings (SSSR count). The van der Waals surface area contributed by atoms with Crippen LogP contribution in [0.3, 0.4) is 0 Å². The number of rotatable bonds is 3. The number of hydrogen-bond donors (Lipinski definition) is 0. The first kappa shape index (κ1) is 15.0. The molecule has 0 saturated heterocycles. The second-order valence-corrected chi connectivity index (χ2v) is 6.68. The molecule has 6 heteroatoms. The van der Waals surface area contributed by atoms with Crippen LogP contribution in [0.2, 0.25) is 0 Å². The van der Waals surface area contributed by atoms with Crippen LogP contribution in [-0.2, 0) is 27.2 Å². The molecule has 5 nitrogen and oxygen atoms in total. The minimum Gasteiger partial charge on any atom is -0.462 e. The fraction of sp³-hybridized carbons (Fsp3) is 0.438. The Kier molecular flexibility index (Phi) is 3.87. The monoisotopic (exact) mass is 319 g/mol. The summed E-state index contributed by atoms with van der Waals surface area (Å²) in [6.45, 7) is 4.17. The van der Waals surface area contributed by atoms with Crippen molar-refractivity contribution in [3.05, 3.63) is 28.2 Å². The van der Waals surface area contributed by atoms with Crippen LogP contribution in [0.25, 0.3) is 0 Å². The molecule has 1 aliphatic carbocycles. The van der Waals surface area contributed by atoms with E-state index in [0.29, 0.717) is 16.5 Å². The number of anilines is 1. The number of carbonyl (C=O) groups is 3. The molecule has 0 unspecified atom stereocenters. The number of amides is 2. The zero-order chi connectivity index (χ0) is 15.9. The number of hydrogen-bond acceptors (Lipinski definition) is 5. The summed E-state index contributed by atoms with van der Waals surface area (Å²) in [5.74, 6) is -0.710. The number of fused-ring (bicyclic) bond motifs is 1. The van der Waals surface area contributed by atoms with Crippen molar-refractivity contribution in [1.82, 2.24) is 0 Å². The van der Waals surface area contributed by atoms with Gasteiger partial charge in [0.05, 0.1) is 12.2 Å². The highest BCUT2D eigenvalue weighted by molar-refractivity contribution is 7.17. The van der Waals surface area contributed by atoms with E-state index in [-0.39, 0.29) is 6.61 Å². The molecule has 1 atom stereocenters. The van der Waals surface area contributed by atoms with E-state index in [1.54, 1.807) is 6.92 Å². The van der Waals surface area contributed by atoms with Gasteiger partial charge in [-0.05, 0) is 37.7 Å². The lowest BCUT2D eigenvalue weighted by atomic mass is 9.88. The molecule has 0 radical (unpaired) electrons. The van der Waals surface area contributed by atoms with Crippen LogP contribution >= 0.6 is 11.3 Å². The first-order valence-electron chi connectivity index (χ1n) is 7.40. The van der Waals surface area contributed by atoms with Gasteiger partial charge in [-0.2, -0.15) is 0 Å². The third-order valence-corrected chi connectivity index (χ3v) is 5.22. The van der Waals surface area contributed by atoms with Crippen LogP contribution in [0.1, 0.15) is 41.1 Å². The van der Waals surface area contributed by atoms with Gasteiger partial charge >= 0.3 is 5.97 Å². The van der Waals surface area contributed by atoms with E-state index in [2.05, 4.69) is 6.92 Å². The molecule has 2 heterocycles. The van der Waals surface area contributed by atoms with Crippen molar-refractivity contribution in [3.63, 3.8) is 0 Å². The second-order valence-electron chi connectivity index (χ2n) is 5.60. The summed E-state index contributed by atoms with van der Waals surface area (Å²) in [7, 11) is 0. The maximum absolute atomic E-state index is 12.4. The van der Waals surface area contributed by atoms with Crippen LogP contribution in [0.15, 0.2) is 12.2 Å². The Morgan fingerprint density at radius 3 is 2.68 bits per heavy atom. The zero-order valence-electron chi connectivity index (χ0n) is 12.5. The minimum atomic E-state index is -0.447. The van der Waals surface area contributed by atoms with Gasteiger partial charge in [-0.15, -0.1) is 11.3 Å². The van der Waals surface area contributed by atoms with E-state index in [1.165, 1.54) is 23.5 Å². The predicted molar refractivity (Wildman–Crippen MR) is 83.1 cm³/mol. The summed E-state index contributed by atoms with van der Waals surface area (Å²) in [5.41, 5.74) is 1.35. The maximum Gasteiger partial charge on any atom is 0.341 e.